The lowest BCUT2D eigenvalue weighted by Crippen LogP contribution is -2.15. The Morgan fingerprint density at radius 2 is 2.26 bits per heavy atom. The van der Waals surface area contributed by atoms with Crippen LogP contribution in [0.5, 0.6) is 0 Å². The van der Waals surface area contributed by atoms with Crippen molar-refractivity contribution < 1.29 is 4.92 Å². The number of benzene rings is 1. The van der Waals surface area contributed by atoms with E-state index in [4.69, 9.17) is 0 Å². The quantitative estimate of drug-likeness (QED) is 0.675. The van der Waals surface area contributed by atoms with Gasteiger partial charge in [-0.15, -0.1) is 11.3 Å². The van der Waals surface area contributed by atoms with Crippen LogP contribution in [0.1, 0.15) is 29.3 Å². The lowest BCUT2D eigenvalue weighted by atomic mass is 9.94. The molecule has 0 saturated carbocycles. The van der Waals surface area contributed by atoms with Crippen molar-refractivity contribution in [1.29, 1.82) is 0 Å². The summed E-state index contributed by atoms with van der Waals surface area (Å²) in [5.41, 5.74) is 2.30. The molecule has 0 amide bonds. The van der Waals surface area contributed by atoms with Crippen LogP contribution in [-0.2, 0) is 6.42 Å². The highest BCUT2D eigenvalue weighted by Gasteiger charge is 2.21. The number of nitrogens with zero attached hydrogens (tertiary/aromatic N) is 1. The van der Waals surface area contributed by atoms with Crippen LogP contribution >= 0.6 is 11.3 Å². The van der Waals surface area contributed by atoms with Gasteiger partial charge >= 0.3 is 0 Å². The zero-order valence-electron chi connectivity index (χ0n) is 10.3. The summed E-state index contributed by atoms with van der Waals surface area (Å²) in [4.78, 5) is 11.9. The maximum absolute atomic E-state index is 10.8. The molecule has 1 atom stereocenters. The third kappa shape index (κ3) is 2.46. The summed E-state index contributed by atoms with van der Waals surface area (Å²) < 4.78 is 0. The molecule has 0 bridgehead atoms. The second kappa shape index (κ2) is 5.01. The van der Waals surface area contributed by atoms with Gasteiger partial charge in [-0.25, -0.2) is 0 Å². The summed E-state index contributed by atoms with van der Waals surface area (Å²) in [7, 11) is 0. The van der Waals surface area contributed by atoms with Gasteiger partial charge in [-0.3, -0.25) is 10.1 Å². The lowest BCUT2D eigenvalue weighted by molar-refractivity contribution is -0.384. The molecule has 4 nitrogen and oxygen atoms in total. The van der Waals surface area contributed by atoms with Crippen molar-refractivity contribution >= 4 is 22.7 Å². The van der Waals surface area contributed by atoms with Gasteiger partial charge in [0.2, 0.25) is 0 Å². The first-order valence-electron chi connectivity index (χ1n) is 6.31. The Balaban J connectivity index is 1.83. The molecule has 0 spiro atoms. The highest BCUT2D eigenvalue weighted by molar-refractivity contribution is 7.10. The number of hydrogen-bond donors (Lipinski definition) is 1. The smallest absolute Gasteiger partial charge is 0.271 e. The van der Waals surface area contributed by atoms with E-state index in [1.807, 2.05) is 6.07 Å². The average molecular weight is 274 g/mol. The molecule has 1 aliphatic carbocycles. The summed E-state index contributed by atoms with van der Waals surface area (Å²) in [6.07, 6.45) is 3.40. The lowest BCUT2D eigenvalue weighted by Gasteiger charge is -2.24. The molecule has 1 N–H and O–H groups in total. The predicted octanol–water partition coefficient (Wildman–Crippen LogP) is 4.15. The topological polar surface area (TPSA) is 55.2 Å². The fraction of sp³-hybridized carbons (Fsp3) is 0.286. The van der Waals surface area contributed by atoms with Crippen molar-refractivity contribution in [3.05, 3.63) is 56.3 Å². The minimum atomic E-state index is -0.359. The Kier molecular flexibility index (Phi) is 3.21. The van der Waals surface area contributed by atoms with Gasteiger partial charge in [0.25, 0.3) is 5.69 Å². The number of hydrogen-bond acceptors (Lipinski definition) is 4. The van der Waals surface area contributed by atoms with Gasteiger partial charge in [-0.05, 0) is 42.3 Å². The Morgan fingerprint density at radius 1 is 1.37 bits per heavy atom. The van der Waals surface area contributed by atoms with Crippen LogP contribution in [0.3, 0.4) is 0 Å². The Hall–Kier alpha value is -1.88. The zero-order chi connectivity index (χ0) is 13.2. The molecule has 0 radical (unpaired) electrons. The van der Waals surface area contributed by atoms with Crippen molar-refractivity contribution in [2.45, 2.75) is 25.3 Å². The minimum absolute atomic E-state index is 0.131. The van der Waals surface area contributed by atoms with Crippen LogP contribution in [0.2, 0.25) is 0 Å². The van der Waals surface area contributed by atoms with E-state index in [0.29, 0.717) is 0 Å². The van der Waals surface area contributed by atoms with Gasteiger partial charge in [0, 0.05) is 22.7 Å². The average Bonchev–Trinajstić information content (AvgIpc) is 2.88. The van der Waals surface area contributed by atoms with Crippen LogP contribution in [0, 0.1) is 10.1 Å². The molecule has 19 heavy (non-hydrogen) atoms. The van der Waals surface area contributed by atoms with Crippen molar-refractivity contribution in [1.82, 2.24) is 0 Å². The molecule has 1 unspecified atom stereocenters. The van der Waals surface area contributed by atoms with Crippen LogP contribution in [0.25, 0.3) is 0 Å². The maximum Gasteiger partial charge on any atom is 0.271 e. The Morgan fingerprint density at radius 3 is 3.11 bits per heavy atom. The molecule has 1 aromatic heterocycles. The molecule has 98 valence electrons. The minimum Gasteiger partial charge on any atom is -0.378 e. The van der Waals surface area contributed by atoms with E-state index in [2.05, 4.69) is 16.8 Å². The van der Waals surface area contributed by atoms with E-state index < -0.39 is 0 Å². The SMILES string of the molecule is O=[N+]([O-])c1cccc(NC2CCCc3sccc32)c1. The van der Waals surface area contributed by atoms with Gasteiger partial charge < -0.3 is 5.32 Å². The van der Waals surface area contributed by atoms with Crippen LogP contribution < -0.4 is 5.32 Å². The zero-order valence-corrected chi connectivity index (χ0v) is 11.2. The van der Waals surface area contributed by atoms with E-state index in [-0.39, 0.29) is 16.7 Å². The molecule has 2 aromatic rings. The number of nitrogens with one attached hydrogen (secondary N) is 1. The molecule has 0 aliphatic heterocycles. The van der Waals surface area contributed by atoms with E-state index in [1.165, 1.54) is 22.9 Å². The first kappa shape index (κ1) is 12.2. The van der Waals surface area contributed by atoms with Gasteiger partial charge in [-0.2, -0.15) is 0 Å². The number of rotatable bonds is 3. The summed E-state index contributed by atoms with van der Waals surface area (Å²) in [5.74, 6) is 0. The van der Waals surface area contributed by atoms with Crippen LogP contribution in [-0.4, -0.2) is 4.92 Å². The summed E-state index contributed by atoms with van der Waals surface area (Å²) in [6, 6.07) is 9.15. The molecular formula is C14H14N2O2S. The first-order chi connectivity index (χ1) is 9.24. The van der Waals surface area contributed by atoms with Gasteiger partial charge in [0.15, 0.2) is 0 Å². The number of thiophene rings is 1. The van der Waals surface area contributed by atoms with Crippen molar-refractivity contribution in [2.75, 3.05) is 5.32 Å². The summed E-state index contributed by atoms with van der Waals surface area (Å²) in [5, 5.41) is 16.3. The van der Waals surface area contributed by atoms with E-state index in [1.54, 1.807) is 23.5 Å². The number of aryl methyl sites for hydroxylation is 1. The Bertz CT molecular complexity index is 609. The van der Waals surface area contributed by atoms with Gasteiger partial charge in [-0.1, -0.05) is 6.07 Å². The second-order valence-corrected chi connectivity index (χ2v) is 5.70. The Labute approximate surface area is 115 Å². The number of fused-ring (bicyclic) bond motifs is 1. The molecule has 1 heterocycles. The molecule has 3 rings (SSSR count). The molecule has 0 saturated heterocycles. The maximum atomic E-state index is 10.8. The van der Waals surface area contributed by atoms with Crippen LogP contribution in [0.4, 0.5) is 11.4 Å². The van der Waals surface area contributed by atoms with E-state index >= 15 is 0 Å². The van der Waals surface area contributed by atoms with Crippen LogP contribution in [0.15, 0.2) is 35.7 Å². The molecule has 1 aliphatic rings. The second-order valence-electron chi connectivity index (χ2n) is 4.70. The number of anilines is 1. The monoisotopic (exact) mass is 274 g/mol. The molecule has 0 fully saturated rings. The fourth-order valence-electron chi connectivity index (χ4n) is 2.55. The molecule has 1 aromatic carbocycles. The standard InChI is InChI=1S/C14H14N2O2S/c17-16(18)11-4-1-3-10(9-11)15-13-5-2-6-14-12(13)7-8-19-14/h1,3-4,7-9,13,15H,2,5-6H2. The number of nitro benzene ring substituents is 1. The van der Waals surface area contributed by atoms with Crippen molar-refractivity contribution in [3.63, 3.8) is 0 Å². The fourth-order valence-corrected chi connectivity index (χ4v) is 3.53. The number of non-ortho nitro benzene ring substituents is 1. The van der Waals surface area contributed by atoms with E-state index in [9.17, 15) is 10.1 Å². The third-order valence-electron chi connectivity index (χ3n) is 3.45. The highest BCUT2D eigenvalue weighted by Crippen LogP contribution is 2.35. The molecular weight excluding hydrogens is 260 g/mol. The molecule has 5 heteroatoms. The largest absolute Gasteiger partial charge is 0.378 e. The van der Waals surface area contributed by atoms with Gasteiger partial charge in [0.1, 0.15) is 0 Å². The third-order valence-corrected chi connectivity index (χ3v) is 4.45. The first-order valence-corrected chi connectivity index (χ1v) is 7.19. The summed E-state index contributed by atoms with van der Waals surface area (Å²) in [6.45, 7) is 0. The van der Waals surface area contributed by atoms with Crippen molar-refractivity contribution in [3.8, 4) is 0 Å². The summed E-state index contributed by atoms with van der Waals surface area (Å²) >= 11 is 1.80. The highest BCUT2D eigenvalue weighted by atomic mass is 32.1. The normalized spacial score (nSPS) is 17.8. The van der Waals surface area contributed by atoms with E-state index in [0.717, 1.165) is 18.5 Å². The number of nitro groups is 1. The van der Waals surface area contributed by atoms with Crippen molar-refractivity contribution in [2.24, 2.45) is 0 Å². The predicted molar refractivity (Wildman–Crippen MR) is 76.7 cm³/mol. The van der Waals surface area contributed by atoms with Gasteiger partial charge in [0.05, 0.1) is 11.0 Å².